The monoisotopic (exact) mass is 315 g/mol. The first-order valence-electron chi connectivity index (χ1n) is 6.75. The van der Waals surface area contributed by atoms with Gasteiger partial charge in [-0.1, -0.05) is 12.7 Å². The Kier molecular flexibility index (Phi) is 5.07. The summed E-state index contributed by atoms with van der Waals surface area (Å²) in [7, 11) is 0. The summed E-state index contributed by atoms with van der Waals surface area (Å²) in [5.74, 6) is -0.377. The summed E-state index contributed by atoms with van der Waals surface area (Å²) in [6, 6.07) is 2.89. The first-order chi connectivity index (χ1) is 10.4. The Balaban J connectivity index is 2.34. The molecule has 1 aromatic rings. The van der Waals surface area contributed by atoms with E-state index in [9.17, 15) is 18.0 Å². The van der Waals surface area contributed by atoms with Gasteiger partial charge in [-0.15, -0.1) is 0 Å². The molecule has 1 aromatic carbocycles. The van der Waals surface area contributed by atoms with Crippen LogP contribution < -0.4 is 4.74 Å². The molecule has 0 unspecified atom stereocenters. The number of carbonyl (C=O) groups is 1. The van der Waals surface area contributed by atoms with E-state index in [-0.39, 0.29) is 17.9 Å². The van der Waals surface area contributed by atoms with E-state index in [1.165, 1.54) is 17.0 Å². The number of carbonyl (C=O) groups excluding carboxylic acids is 1. The third-order valence-corrected chi connectivity index (χ3v) is 3.19. The summed E-state index contributed by atoms with van der Waals surface area (Å²) in [5, 5.41) is 0. The van der Waals surface area contributed by atoms with Gasteiger partial charge in [-0.25, -0.2) is 0 Å². The molecule has 1 heterocycles. The van der Waals surface area contributed by atoms with Crippen LogP contribution in [0.15, 0.2) is 30.9 Å². The van der Waals surface area contributed by atoms with Gasteiger partial charge in [0.15, 0.2) is 0 Å². The predicted molar refractivity (Wildman–Crippen MR) is 73.9 cm³/mol. The molecule has 0 saturated carbocycles. The quantitative estimate of drug-likeness (QED) is 0.802. The summed E-state index contributed by atoms with van der Waals surface area (Å²) >= 11 is 0. The fourth-order valence-electron chi connectivity index (χ4n) is 2.08. The molecule has 0 aromatic heterocycles. The molecule has 1 saturated heterocycles. The average molecular weight is 315 g/mol. The van der Waals surface area contributed by atoms with Crippen LogP contribution in [-0.2, 0) is 10.9 Å². The minimum Gasteiger partial charge on any atom is -0.489 e. The molecule has 1 aliphatic heterocycles. The van der Waals surface area contributed by atoms with Gasteiger partial charge in [0, 0.05) is 13.1 Å². The number of morpholine rings is 1. The van der Waals surface area contributed by atoms with E-state index in [1.54, 1.807) is 0 Å². The first kappa shape index (κ1) is 16.4. The zero-order valence-corrected chi connectivity index (χ0v) is 11.9. The molecule has 4 nitrogen and oxygen atoms in total. The largest absolute Gasteiger partial charge is 0.489 e. The Hall–Kier alpha value is -2.02. The van der Waals surface area contributed by atoms with Crippen molar-refractivity contribution in [1.29, 1.82) is 0 Å². The third-order valence-electron chi connectivity index (χ3n) is 3.19. The zero-order chi connectivity index (χ0) is 16.2. The Bertz CT molecular complexity index is 551. The Morgan fingerprint density at radius 3 is 2.64 bits per heavy atom. The number of rotatable bonds is 4. The topological polar surface area (TPSA) is 38.8 Å². The van der Waals surface area contributed by atoms with Crippen molar-refractivity contribution in [2.24, 2.45) is 0 Å². The van der Waals surface area contributed by atoms with Crippen LogP contribution in [0.5, 0.6) is 5.75 Å². The lowest BCUT2D eigenvalue weighted by Gasteiger charge is -2.27. The van der Waals surface area contributed by atoms with Crippen LogP contribution >= 0.6 is 0 Å². The maximum Gasteiger partial charge on any atom is 0.416 e. The lowest BCUT2D eigenvalue weighted by atomic mass is 10.1. The first-order valence-corrected chi connectivity index (χ1v) is 6.75. The Labute approximate surface area is 126 Å². The molecule has 0 radical (unpaired) electrons. The molecular formula is C15H16F3NO3. The molecule has 0 bridgehead atoms. The number of hydrogen-bond donors (Lipinski definition) is 0. The predicted octanol–water partition coefficient (Wildman–Crippen LogP) is 2.74. The molecular weight excluding hydrogens is 299 g/mol. The summed E-state index contributed by atoms with van der Waals surface area (Å²) in [6.07, 6.45) is -3.06. The molecule has 1 aliphatic rings. The number of benzene rings is 1. The Morgan fingerprint density at radius 1 is 1.36 bits per heavy atom. The van der Waals surface area contributed by atoms with Crippen molar-refractivity contribution in [2.75, 3.05) is 32.9 Å². The molecule has 1 fully saturated rings. The fraction of sp³-hybridized carbons (Fsp3) is 0.400. The number of halogens is 3. The van der Waals surface area contributed by atoms with E-state index < -0.39 is 17.6 Å². The highest BCUT2D eigenvalue weighted by Crippen LogP contribution is 2.33. The maximum absolute atomic E-state index is 12.9. The van der Waals surface area contributed by atoms with Gasteiger partial charge in [0.25, 0.3) is 5.91 Å². The summed E-state index contributed by atoms with van der Waals surface area (Å²) in [6.45, 7) is 5.01. The van der Waals surface area contributed by atoms with E-state index in [0.717, 1.165) is 12.1 Å². The van der Waals surface area contributed by atoms with Crippen molar-refractivity contribution in [3.8, 4) is 5.75 Å². The molecule has 22 heavy (non-hydrogen) atoms. The van der Waals surface area contributed by atoms with Crippen molar-refractivity contribution < 1.29 is 27.4 Å². The molecule has 1 amide bonds. The summed E-state index contributed by atoms with van der Waals surface area (Å²) in [5.41, 5.74) is -0.978. The molecule has 0 spiro atoms. The number of nitrogens with zero attached hydrogens (tertiary/aromatic N) is 1. The highest BCUT2D eigenvalue weighted by molar-refractivity contribution is 5.97. The van der Waals surface area contributed by atoms with E-state index in [2.05, 4.69) is 6.58 Å². The number of amides is 1. The van der Waals surface area contributed by atoms with Crippen LogP contribution in [0.25, 0.3) is 0 Å². The minimum atomic E-state index is -4.52. The minimum absolute atomic E-state index is 0.0985. The SMILES string of the molecule is C=CCOc1ccc(C(F)(F)F)cc1C(=O)N1CCOCC1. The van der Waals surface area contributed by atoms with Crippen LogP contribution in [0.1, 0.15) is 15.9 Å². The van der Waals surface area contributed by atoms with Gasteiger partial charge in [-0.3, -0.25) is 4.79 Å². The van der Waals surface area contributed by atoms with Crippen LogP contribution in [0, 0.1) is 0 Å². The standard InChI is InChI=1S/C15H16F3NO3/c1-2-7-22-13-4-3-11(15(16,17)18)10-12(13)14(20)19-5-8-21-9-6-19/h2-4,10H,1,5-9H2. The van der Waals surface area contributed by atoms with Crippen LogP contribution in [0.2, 0.25) is 0 Å². The van der Waals surface area contributed by atoms with Gasteiger partial charge in [0.05, 0.1) is 24.3 Å². The number of alkyl halides is 3. The second kappa shape index (κ2) is 6.83. The van der Waals surface area contributed by atoms with E-state index in [0.29, 0.717) is 26.3 Å². The molecule has 0 N–H and O–H groups in total. The van der Waals surface area contributed by atoms with Crippen molar-refractivity contribution in [1.82, 2.24) is 4.90 Å². The highest BCUT2D eigenvalue weighted by Gasteiger charge is 2.33. The van der Waals surface area contributed by atoms with Gasteiger partial charge >= 0.3 is 6.18 Å². The van der Waals surface area contributed by atoms with Crippen LogP contribution in [-0.4, -0.2) is 43.7 Å². The average Bonchev–Trinajstić information content (AvgIpc) is 2.52. The molecule has 0 aliphatic carbocycles. The summed E-state index contributed by atoms with van der Waals surface area (Å²) < 4.78 is 49.0. The van der Waals surface area contributed by atoms with Crippen molar-refractivity contribution in [3.63, 3.8) is 0 Å². The van der Waals surface area contributed by atoms with Crippen molar-refractivity contribution in [3.05, 3.63) is 42.0 Å². The van der Waals surface area contributed by atoms with Gasteiger partial charge in [-0.2, -0.15) is 13.2 Å². The lowest BCUT2D eigenvalue weighted by molar-refractivity contribution is -0.137. The van der Waals surface area contributed by atoms with Gasteiger partial charge in [0.2, 0.25) is 0 Å². The van der Waals surface area contributed by atoms with E-state index in [1.807, 2.05) is 0 Å². The molecule has 120 valence electrons. The van der Waals surface area contributed by atoms with Crippen molar-refractivity contribution in [2.45, 2.75) is 6.18 Å². The van der Waals surface area contributed by atoms with Crippen LogP contribution in [0.3, 0.4) is 0 Å². The van der Waals surface area contributed by atoms with E-state index in [4.69, 9.17) is 9.47 Å². The highest BCUT2D eigenvalue weighted by atomic mass is 19.4. The molecule has 7 heteroatoms. The second-order valence-corrected chi connectivity index (χ2v) is 4.71. The molecule has 0 atom stereocenters. The molecule has 2 rings (SSSR count). The van der Waals surface area contributed by atoms with Gasteiger partial charge in [-0.05, 0) is 18.2 Å². The van der Waals surface area contributed by atoms with Crippen molar-refractivity contribution >= 4 is 5.91 Å². The Morgan fingerprint density at radius 2 is 2.05 bits per heavy atom. The lowest BCUT2D eigenvalue weighted by Crippen LogP contribution is -2.40. The van der Waals surface area contributed by atoms with Gasteiger partial charge in [0.1, 0.15) is 12.4 Å². The van der Waals surface area contributed by atoms with Crippen LogP contribution in [0.4, 0.5) is 13.2 Å². The second-order valence-electron chi connectivity index (χ2n) is 4.71. The zero-order valence-electron chi connectivity index (χ0n) is 11.9. The van der Waals surface area contributed by atoms with E-state index >= 15 is 0 Å². The maximum atomic E-state index is 12.9. The number of ether oxygens (including phenoxy) is 2. The third kappa shape index (κ3) is 3.79. The normalized spacial score (nSPS) is 15.5. The smallest absolute Gasteiger partial charge is 0.416 e. The summed E-state index contributed by atoms with van der Waals surface area (Å²) in [4.78, 5) is 13.9. The number of hydrogen-bond acceptors (Lipinski definition) is 3. The fourth-order valence-corrected chi connectivity index (χ4v) is 2.08. The van der Waals surface area contributed by atoms with Gasteiger partial charge < -0.3 is 14.4 Å².